The molecule has 0 saturated carbocycles. The Labute approximate surface area is 42.6 Å². The smallest absolute Gasteiger partial charge is 0.267 e. The zero-order valence-corrected chi connectivity index (χ0v) is 4.46. The Morgan fingerprint density at radius 2 is 2.00 bits per heavy atom. The molecule has 0 rings (SSSR count). The molecule has 0 atom stereocenters. The predicted octanol–water partition coefficient (Wildman–Crippen LogP) is 0.374. The molecule has 0 radical (unpaired) electrons. The van der Waals surface area contributed by atoms with Crippen molar-refractivity contribution in [1.82, 2.24) is 0 Å². The first-order valence-corrected chi connectivity index (χ1v) is 2.69. The fraction of sp³-hybridized carbons (Fsp3) is 0. The number of hydrogen-bond acceptors (Lipinski definition) is 2. The van der Waals surface area contributed by atoms with Gasteiger partial charge in [-0.2, -0.15) is 0 Å². The molecule has 6 heavy (non-hydrogen) atoms. The van der Waals surface area contributed by atoms with Crippen LogP contribution in [0.2, 0.25) is 0 Å². The summed E-state index contributed by atoms with van der Waals surface area (Å²) in [5, 5.41) is 0. The van der Waals surface area contributed by atoms with Gasteiger partial charge in [-0.3, -0.25) is 4.79 Å². The quantitative estimate of drug-likeness (QED) is 0.471. The van der Waals surface area contributed by atoms with Gasteiger partial charge in [0.25, 0.3) is 4.45 Å². The van der Waals surface area contributed by atoms with E-state index in [-0.39, 0.29) is 0 Å². The molecule has 0 unspecified atom stereocenters. The second-order valence-corrected chi connectivity index (χ2v) is 2.24. The minimum absolute atomic E-state index is 0.796. The molecular weight excluding hydrogens is 120 g/mol. The topological polar surface area (TPSA) is 34.1 Å². The molecule has 0 N–H and O–H groups in total. The minimum Gasteiger partial charge on any atom is -0.267 e. The van der Waals surface area contributed by atoms with Gasteiger partial charge in [0.05, 0.1) is 10.2 Å². The van der Waals surface area contributed by atoms with Crippen molar-refractivity contribution in [2.24, 2.45) is 0 Å². The van der Waals surface area contributed by atoms with Gasteiger partial charge in [-0.25, -0.2) is 4.21 Å². The van der Waals surface area contributed by atoms with Crippen LogP contribution in [0, 0.1) is 5.69 Å². The summed E-state index contributed by atoms with van der Waals surface area (Å²) in [7, 11) is -1.89. The number of thiol groups is 1. The average molecular weight is 122 g/mol. The molecule has 0 aromatic heterocycles. The van der Waals surface area contributed by atoms with Gasteiger partial charge in [-0.05, 0) is 0 Å². The van der Waals surface area contributed by atoms with Crippen molar-refractivity contribution in [2.45, 2.75) is 0 Å². The third kappa shape index (κ3) is 2.08. The average Bonchev–Trinajstić information content (AvgIpc) is 1.36. The maximum absolute atomic E-state index is 9.61. The molecule has 0 spiro atoms. The Hall–Kier alpha value is -0.180. The van der Waals surface area contributed by atoms with E-state index in [4.69, 9.17) is 0 Å². The predicted molar refractivity (Wildman–Crippen MR) is 27.5 cm³/mol. The first-order valence-electron chi connectivity index (χ1n) is 1.03. The number of hydrogen-bond donors (Lipinski definition) is 1. The molecule has 0 saturated heterocycles. The van der Waals surface area contributed by atoms with Crippen molar-refractivity contribution in [2.75, 3.05) is 0 Å². The van der Waals surface area contributed by atoms with E-state index in [1.54, 1.807) is 0 Å². The van der Waals surface area contributed by atoms with Crippen molar-refractivity contribution < 1.29 is 9.00 Å². The molecule has 0 fully saturated rings. The van der Waals surface area contributed by atoms with Crippen LogP contribution < -0.4 is 0 Å². The van der Waals surface area contributed by atoms with E-state index >= 15 is 0 Å². The van der Waals surface area contributed by atoms with Crippen LogP contribution in [0.5, 0.6) is 0 Å². The molecule has 0 aliphatic carbocycles. The summed E-state index contributed by atoms with van der Waals surface area (Å²) >= 11 is 3.13. The Bertz CT molecular complexity index is 163. The fourth-order valence-electron chi connectivity index (χ4n) is 0. The Kier molecular flexibility index (Phi) is 2.01. The van der Waals surface area contributed by atoms with Gasteiger partial charge in [0, 0.05) is 0 Å². The van der Waals surface area contributed by atoms with Crippen molar-refractivity contribution in [3.05, 3.63) is 0 Å². The number of carbonyl (C=O) groups is 1. The highest BCUT2D eigenvalue weighted by Crippen LogP contribution is 1.76. The monoisotopic (exact) mass is 122 g/mol. The van der Waals surface area contributed by atoms with Crippen LogP contribution in [0.1, 0.15) is 0 Å². The van der Waals surface area contributed by atoms with Crippen molar-refractivity contribution in [3.8, 4) is 5.69 Å². The molecule has 0 aliphatic heterocycles. The maximum atomic E-state index is 9.61. The summed E-state index contributed by atoms with van der Waals surface area (Å²) in [6.07, 6.45) is 0. The van der Waals surface area contributed by atoms with E-state index < -0.39 is 14.7 Å². The summed E-state index contributed by atoms with van der Waals surface area (Å²) in [6, 6.07) is 0. The largest absolute Gasteiger partial charge is 0.296 e. The molecular formula is C2H2O2S2. The standard InChI is InChI=1S/C2H2O2S2/c1-6(4)2(3)5/h1H,(H,3,5). The third-order valence-electron chi connectivity index (χ3n) is 0.172. The van der Waals surface area contributed by atoms with Crippen LogP contribution in [-0.2, 0) is 10.2 Å². The zero-order chi connectivity index (χ0) is 5.15. The van der Waals surface area contributed by atoms with Crippen LogP contribution in [0.25, 0.3) is 0 Å². The first-order chi connectivity index (χ1) is 2.64. The molecule has 2 nitrogen and oxygen atoms in total. The van der Waals surface area contributed by atoms with Gasteiger partial charge >= 0.3 is 0 Å². The Morgan fingerprint density at radius 3 is 2.00 bits per heavy atom. The van der Waals surface area contributed by atoms with Gasteiger partial charge in [-0.1, -0.05) is 18.3 Å². The van der Waals surface area contributed by atoms with Crippen LogP contribution in [-0.4, -0.2) is 8.66 Å². The van der Waals surface area contributed by atoms with Crippen molar-refractivity contribution in [1.29, 1.82) is 0 Å². The lowest BCUT2D eigenvalue weighted by atomic mass is 11.8. The van der Waals surface area contributed by atoms with Crippen LogP contribution in [0.4, 0.5) is 4.79 Å². The molecule has 4 heteroatoms. The van der Waals surface area contributed by atoms with E-state index in [0.29, 0.717) is 0 Å². The second kappa shape index (κ2) is 2.08. The van der Waals surface area contributed by atoms with Crippen molar-refractivity contribution >= 4 is 27.3 Å². The Morgan fingerprint density at radius 1 is 1.83 bits per heavy atom. The molecule has 0 aromatic carbocycles. The van der Waals surface area contributed by atoms with E-state index in [9.17, 15) is 9.00 Å². The minimum atomic E-state index is -1.89. The van der Waals surface area contributed by atoms with Crippen LogP contribution >= 0.6 is 12.6 Å². The molecule has 34 valence electrons. The normalized spacial score (nSPS) is 7.33. The van der Waals surface area contributed by atoms with Gasteiger partial charge in [0.1, 0.15) is 0 Å². The van der Waals surface area contributed by atoms with E-state index in [2.05, 4.69) is 18.3 Å². The van der Waals surface area contributed by atoms with Gasteiger partial charge in [0.15, 0.2) is 0 Å². The highest BCUT2D eigenvalue weighted by Gasteiger charge is 1.83. The molecule has 0 aliphatic rings. The van der Waals surface area contributed by atoms with Crippen LogP contribution in [0.3, 0.4) is 0 Å². The summed E-state index contributed by atoms with van der Waals surface area (Å²) < 4.78 is 8.81. The lowest BCUT2D eigenvalue weighted by molar-refractivity contribution is 0.276. The number of rotatable bonds is 0. The van der Waals surface area contributed by atoms with E-state index in [0.717, 1.165) is 0 Å². The van der Waals surface area contributed by atoms with Gasteiger partial charge in [0.2, 0.25) is 0 Å². The lowest BCUT2D eigenvalue weighted by Crippen LogP contribution is -1.75. The first kappa shape index (κ1) is 5.82. The highest BCUT2D eigenvalue weighted by atomic mass is 32.2. The third-order valence-corrected chi connectivity index (χ3v) is 1.06. The highest BCUT2D eigenvalue weighted by molar-refractivity contribution is 8.19. The SMILES string of the molecule is C#S(=O)C(=O)S. The van der Waals surface area contributed by atoms with Crippen LogP contribution in [0.15, 0.2) is 0 Å². The molecule has 0 aromatic rings. The van der Waals surface area contributed by atoms with E-state index in [1.807, 2.05) is 0 Å². The number of carbonyl (C=O) groups excluding carboxylic acids is 1. The van der Waals surface area contributed by atoms with Gasteiger partial charge in [-0.15, -0.1) is 0 Å². The van der Waals surface area contributed by atoms with E-state index in [1.165, 1.54) is 0 Å². The lowest BCUT2D eigenvalue weighted by Gasteiger charge is -1.61. The molecule has 0 bridgehead atoms. The Balaban J connectivity index is 4.08. The fourth-order valence-corrected chi connectivity index (χ4v) is 0. The molecule has 0 amide bonds. The summed E-state index contributed by atoms with van der Waals surface area (Å²) in [4.78, 5) is 9.58. The summed E-state index contributed by atoms with van der Waals surface area (Å²) in [5.41, 5.74) is 4.48. The maximum Gasteiger partial charge on any atom is 0.296 e. The summed E-state index contributed by atoms with van der Waals surface area (Å²) in [5.74, 6) is 0. The second-order valence-electron chi connectivity index (χ2n) is 0.563. The summed E-state index contributed by atoms with van der Waals surface area (Å²) in [6.45, 7) is 0. The van der Waals surface area contributed by atoms with Crippen molar-refractivity contribution in [3.63, 3.8) is 0 Å². The zero-order valence-electron chi connectivity index (χ0n) is 2.75. The molecule has 0 heterocycles. The van der Waals surface area contributed by atoms with Gasteiger partial charge < -0.3 is 0 Å².